The molecule has 128 valence electrons. The van der Waals surface area contributed by atoms with Crippen LogP contribution < -0.4 is 5.32 Å². The molecule has 0 spiro atoms. The average Bonchev–Trinajstić information content (AvgIpc) is 2.46. The highest BCUT2D eigenvalue weighted by Gasteiger charge is 2.54. The van der Waals surface area contributed by atoms with Gasteiger partial charge in [-0.3, -0.25) is 4.79 Å². The van der Waals surface area contributed by atoms with Gasteiger partial charge < -0.3 is 40.3 Å². The van der Waals surface area contributed by atoms with Crippen molar-refractivity contribution in [1.29, 1.82) is 0 Å². The zero-order chi connectivity index (χ0) is 17.1. The Morgan fingerprint density at radius 1 is 1.45 bits per heavy atom. The van der Waals surface area contributed by atoms with Crippen molar-refractivity contribution in [2.24, 2.45) is 0 Å². The Bertz CT molecular complexity index is 417. The van der Waals surface area contributed by atoms with Crippen LogP contribution in [0.2, 0.25) is 0 Å². The molecule has 10 heteroatoms. The molecular formula is C12H21NO9. The maximum Gasteiger partial charge on any atom is 0.366 e. The zero-order valence-corrected chi connectivity index (χ0v) is 12.2. The lowest BCUT2D eigenvalue weighted by atomic mass is 9.88. The number of hydrogen-bond acceptors (Lipinski definition) is 9. The van der Waals surface area contributed by atoms with Crippen LogP contribution in [0.25, 0.3) is 0 Å². The Morgan fingerprint density at radius 2 is 2.05 bits per heavy atom. The number of methoxy groups -OCH3 is 1. The molecule has 1 aliphatic rings. The lowest BCUT2D eigenvalue weighted by Gasteiger charge is -2.45. The zero-order valence-electron chi connectivity index (χ0n) is 12.2. The first kappa shape index (κ1) is 18.7. The molecule has 1 heterocycles. The number of aliphatic hydroxyl groups is 5. The molecule has 1 aliphatic heterocycles. The fraction of sp³-hybridized carbons (Fsp3) is 0.833. The first-order valence-corrected chi connectivity index (χ1v) is 6.57. The summed E-state index contributed by atoms with van der Waals surface area (Å²) in [6, 6.07) is -1.21. The van der Waals surface area contributed by atoms with E-state index in [0.717, 1.165) is 14.0 Å². The van der Waals surface area contributed by atoms with Gasteiger partial charge in [-0.25, -0.2) is 4.79 Å². The summed E-state index contributed by atoms with van der Waals surface area (Å²) in [7, 11) is 0.990. The summed E-state index contributed by atoms with van der Waals surface area (Å²) < 4.78 is 9.45. The first-order valence-electron chi connectivity index (χ1n) is 6.57. The second kappa shape index (κ2) is 7.31. The predicted molar refractivity (Wildman–Crippen MR) is 69.2 cm³/mol. The number of amides is 1. The van der Waals surface area contributed by atoms with E-state index in [-0.39, 0.29) is 0 Å². The van der Waals surface area contributed by atoms with Crippen molar-refractivity contribution in [2.75, 3.05) is 13.7 Å². The van der Waals surface area contributed by atoms with Gasteiger partial charge in [0.05, 0.1) is 25.9 Å². The molecule has 1 unspecified atom stereocenters. The van der Waals surface area contributed by atoms with Crippen LogP contribution in [0, 0.1) is 0 Å². The highest BCUT2D eigenvalue weighted by atomic mass is 16.7. The van der Waals surface area contributed by atoms with Crippen LogP contribution in [0.5, 0.6) is 0 Å². The lowest BCUT2D eigenvalue weighted by molar-refractivity contribution is -0.296. The van der Waals surface area contributed by atoms with Crippen LogP contribution >= 0.6 is 0 Å². The minimum atomic E-state index is -2.55. The van der Waals surface area contributed by atoms with E-state index in [4.69, 9.17) is 9.84 Å². The van der Waals surface area contributed by atoms with E-state index in [0.29, 0.717) is 0 Å². The van der Waals surface area contributed by atoms with Gasteiger partial charge in [0.2, 0.25) is 5.91 Å². The standard InChI is InChI=1S/C12H21NO9/c1-5(15)13-8-6(16)3-12(20,11(19)21-2)22-10(8)9(18)7(17)4-14/h6-10,14,16-18,20H,3-4H2,1-2H3,(H,13,15)/t6-,7?,8+,9+,10+,12-/m0/s1. The summed E-state index contributed by atoms with van der Waals surface area (Å²) >= 11 is 0. The summed E-state index contributed by atoms with van der Waals surface area (Å²) in [5.74, 6) is -4.32. The van der Waals surface area contributed by atoms with E-state index in [1.165, 1.54) is 0 Å². The summed E-state index contributed by atoms with van der Waals surface area (Å²) in [6.07, 6.45) is -7.09. The molecule has 6 atom stereocenters. The fourth-order valence-corrected chi connectivity index (χ4v) is 2.29. The highest BCUT2D eigenvalue weighted by molar-refractivity contribution is 5.78. The van der Waals surface area contributed by atoms with Gasteiger partial charge in [-0.2, -0.15) is 0 Å². The van der Waals surface area contributed by atoms with Gasteiger partial charge in [-0.15, -0.1) is 0 Å². The van der Waals surface area contributed by atoms with Crippen LogP contribution in [-0.4, -0.2) is 87.4 Å². The van der Waals surface area contributed by atoms with Gasteiger partial charge in [-0.05, 0) is 0 Å². The van der Waals surface area contributed by atoms with Gasteiger partial charge in [0, 0.05) is 13.3 Å². The molecule has 1 rings (SSSR count). The van der Waals surface area contributed by atoms with Gasteiger partial charge in [0.25, 0.3) is 5.79 Å². The number of ether oxygens (including phenoxy) is 2. The second-order valence-electron chi connectivity index (χ2n) is 5.10. The molecule has 1 fully saturated rings. The number of carbonyl (C=O) groups is 2. The van der Waals surface area contributed by atoms with Gasteiger partial charge >= 0.3 is 5.97 Å². The number of carbonyl (C=O) groups excluding carboxylic acids is 2. The van der Waals surface area contributed by atoms with Gasteiger partial charge in [0.15, 0.2) is 0 Å². The number of aliphatic hydroxyl groups excluding tert-OH is 4. The number of hydrogen-bond donors (Lipinski definition) is 6. The maximum absolute atomic E-state index is 11.6. The molecule has 0 radical (unpaired) electrons. The highest BCUT2D eigenvalue weighted by Crippen LogP contribution is 2.31. The fourth-order valence-electron chi connectivity index (χ4n) is 2.29. The predicted octanol–water partition coefficient (Wildman–Crippen LogP) is -3.78. The Labute approximate surface area is 126 Å². The minimum Gasteiger partial charge on any atom is -0.465 e. The Kier molecular flexibility index (Phi) is 6.23. The normalized spacial score (nSPS) is 34.6. The van der Waals surface area contributed by atoms with Crippen molar-refractivity contribution in [1.82, 2.24) is 5.32 Å². The Balaban J connectivity index is 3.09. The van der Waals surface area contributed by atoms with Crippen molar-refractivity contribution in [3.05, 3.63) is 0 Å². The van der Waals surface area contributed by atoms with Crippen LogP contribution in [0.4, 0.5) is 0 Å². The van der Waals surface area contributed by atoms with E-state index < -0.39 is 61.1 Å². The second-order valence-corrected chi connectivity index (χ2v) is 5.10. The molecule has 6 N–H and O–H groups in total. The minimum absolute atomic E-state index is 0.563. The molecule has 10 nitrogen and oxygen atoms in total. The number of esters is 1. The third kappa shape index (κ3) is 3.91. The molecule has 0 saturated carbocycles. The molecule has 0 aromatic carbocycles. The van der Waals surface area contributed by atoms with Gasteiger partial charge in [0.1, 0.15) is 18.3 Å². The Hall–Kier alpha value is -1.30. The molecule has 0 aromatic heterocycles. The quantitative estimate of drug-likeness (QED) is 0.278. The van der Waals surface area contributed by atoms with E-state index >= 15 is 0 Å². The number of nitrogens with one attached hydrogen (secondary N) is 1. The topological polar surface area (TPSA) is 166 Å². The molecule has 0 bridgehead atoms. The third-order valence-corrected chi connectivity index (χ3v) is 3.38. The maximum atomic E-state index is 11.6. The average molecular weight is 323 g/mol. The van der Waals surface area contributed by atoms with Crippen molar-refractivity contribution in [3.63, 3.8) is 0 Å². The molecule has 0 aromatic rings. The molecule has 1 amide bonds. The SMILES string of the molecule is COC(=O)[C@]1(O)C[C@H](O)[C@@H](NC(C)=O)[C@H]([C@H](O)C(O)CO)O1. The van der Waals surface area contributed by atoms with Crippen LogP contribution in [-0.2, 0) is 19.1 Å². The molecule has 1 saturated heterocycles. The van der Waals surface area contributed by atoms with Crippen LogP contribution in [0.1, 0.15) is 13.3 Å². The summed E-state index contributed by atoms with van der Waals surface area (Å²) in [5.41, 5.74) is 0. The lowest BCUT2D eigenvalue weighted by Crippen LogP contribution is -2.67. The Morgan fingerprint density at radius 3 is 2.50 bits per heavy atom. The molecule has 22 heavy (non-hydrogen) atoms. The van der Waals surface area contributed by atoms with E-state index in [1.807, 2.05) is 0 Å². The summed E-state index contributed by atoms with van der Waals surface area (Å²) in [6.45, 7) is 0.320. The monoisotopic (exact) mass is 323 g/mol. The van der Waals surface area contributed by atoms with Crippen LogP contribution in [0.3, 0.4) is 0 Å². The van der Waals surface area contributed by atoms with Gasteiger partial charge in [-0.1, -0.05) is 0 Å². The van der Waals surface area contributed by atoms with E-state index in [9.17, 15) is 30.0 Å². The van der Waals surface area contributed by atoms with Crippen molar-refractivity contribution in [3.8, 4) is 0 Å². The largest absolute Gasteiger partial charge is 0.465 e. The number of rotatable bonds is 5. The molecule has 0 aliphatic carbocycles. The van der Waals surface area contributed by atoms with Crippen LogP contribution in [0.15, 0.2) is 0 Å². The summed E-state index contributed by atoms with van der Waals surface area (Å²) in [4.78, 5) is 22.8. The summed E-state index contributed by atoms with van der Waals surface area (Å²) in [5, 5.41) is 50.8. The van der Waals surface area contributed by atoms with E-state index in [1.54, 1.807) is 0 Å². The molecular weight excluding hydrogens is 302 g/mol. The van der Waals surface area contributed by atoms with E-state index in [2.05, 4.69) is 10.1 Å². The van der Waals surface area contributed by atoms with Crippen molar-refractivity contribution in [2.45, 2.75) is 49.6 Å². The first-order chi connectivity index (χ1) is 10.2. The third-order valence-electron chi connectivity index (χ3n) is 3.38. The van der Waals surface area contributed by atoms with Crippen molar-refractivity contribution < 1.29 is 44.6 Å². The smallest absolute Gasteiger partial charge is 0.366 e. The van der Waals surface area contributed by atoms with Crippen molar-refractivity contribution >= 4 is 11.9 Å².